The molecule has 3 N–H and O–H groups in total. The van der Waals surface area contributed by atoms with E-state index in [4.69, 9.17) is 14.6 Å². The number of carbonyl (C=O) groups excluding carboxylic acids is 1. The van der Waals surface area contributed by atoms with Crippen molar-refractivity contribution >= 4 is 22.4 Å². The lowest BCUT2D eigenvalue weighted by Gasteiger charge is -2.11. The van der Waals surface area contributed by atoms with Crippen molar-refractivity contribution in [3.05, 3.63) is 54.0 Å². The van der Waals surface area contributed by atoms with Crippen LogP contribution in [-0.2, 0) is 0 Å². The highest BCUT2D eigenvalue weighted by Crippen LogP contribution is 2.26. The van der Waals surface area contributed by atoms with E-state index >= 15 is 0 Å². The van der Waals surface area contributed by atoms with Crippen LogP contribution in [0.3, 0.4) is 0 Å². The number of H-pyrrole nitrogens is 1. The molecule has 0 aliphatic carbocycles. The normalized spacial score (nSPS) is 10.7. The zero-order valence-corrected chi connectivity index (χ0v) is 14.2. The summed E-state index contributed by atoms with van der Waals surface area (Å²) in [4.78, 5) is 15.4. The molecule has 0 saturated carbocycles. The van der Waals surface area contributed by atoms with Crippen LogP contribution in [0, 0.1) is 5.82 Å². The number of Topliss-reactive ketones (excluding diaryl/α,β-unsaturated/α-hetero) is 1. The smallest absolute Gasteiger partial charge is 0.183 e. The molecule has 0 spiro atoms. The molecule has 0 saturated heterocycles. The number of rotatable bonds is 8. The van der Waals surface area contributed by atoms with Crippen LogP contribution in [0.2, 0.25) is 0 Å². The number of benzene rings is 2. The quantitative estimate of drug-likeness (QED) is 0.539. The van der Waals surface area contributed by atoms with Crippen LogP contribution < -0.4 is 14.8 Å². The molecule has 7 heteroatoms. The number of halogens is 1. The molecule has 0 fully saturated rings. The van der Waals surface area contributed by atoms with Crippen LogP contribution >= 0.6 is 0 Å². The Morgan fingerprint density at radius 2 is 2.04 bits per heavy atom. The van der Waals surface area contributed by atoms with E-state index in [0.717, 1.165) is 0 Å². The number of carbonyl (C=O) groups is 1. The molecule has 3 aromatic rings. The van der Waals surface area contributed by atoms with E-state index in [1.165, 1.54) is 19.2 Å². The lowest BCUT2D eigenvalue weighted by molar-refractivity contribution is 0.101. The number of aromatic amines is 1. The van der Waals surface area contributed by atoms with Gasteiger partial charge in [0, 0.05) is 46.5 Å². The number of aliphatic hydroxyl groups excluding tert-OH is 1. The minimum absolute atomic E-state index is 0.0525. The molecule has 0 aliphatic heterocycles. The molecule has 2 aromatic carbocycles. The van der Waals surface area contributed by atoms with Gasteiger partial charge in [-0.1, -0.05) is 0 Å². The van der Waals surface area contributed by atoms with Gasteiger partial charge in [0.2, 0.25) is 0 Å². The summed E-state index contributed by atoms with van der Waals surface area (Å²) in [5, 5.41) is 12.6. The average Bonchev–Trinajstić information content (AvgIpc) is 3.07. The van der Waals surface area contributed by atoms with Crippen LogP contribution in [0.25, 0.3) is 10.9 Å². The molecule has 1 heterocycles. The Balaban J connectivity index is 1.74. The molecule has 26 heavy (non-hydrogen) atoms. The van der Waals surface area contributed by atoms with Crippen molar-refractivity contribution in [1.29, 1.82) is 0 Å². The van der Waals surface area contributed by atoms with Gasteiger partial charge in [-0.25, -0.2) is 4.39 Å². The minimum atomic E-state index is -0.358. The molecule has 0 atom stereocenters. The zero-order valence-electron chi connectivity index (χ0n) is 14.2. The summed E-state index contributed by atoms with van der Waals surface area (Å²) in [6, 6.07) is 9.41. The molecule has 6 nitrogen and oxygen atoms in total. The molecule has 0 amide bonds. The first-order chi connectivity index (χ1) is 12.6. The molecule has 0 radical (unpaired) electrons. The summed E-state index contributed by atoms with van der Waals surface area (Å²) >= 11 is 0. The highest BCUT2D eigenvalue weighted by molar-refractivity contribution is 6.09. The van der Waals surface area contributed by atoms with E-state index in [0.29, 0.717) is 33.7 Å². The van der Waals surface area contributed by atoms with Crippen molar-refractivity contribution in [2.24, 2.45) is 0 Å². The third-order valence-electron chi connectivity index (χ3n) is 3.87. The molecule has 0 bridgehead atoms. The topological polar surface area (TPSA) is 83.6 Å². The fourth-order valence-corrected chi connectivity index (χ4v) is 2.65. The van der Waals surface area contributed by atoms with E-state index in [2.05, 4.69) is 10.3 Å². The highest BCUT2D eigenvalue weighted by Gasteiger charge is 2.13. The Labute approximate surface area is 149 Å². The Bertz CT molecular complexity index is 923. The number of anilines is 1. The summed E-state index contributed by atoms with van der Waals surface area (Å²) in [5.74, 6) is 0.598. The second-order valence-corrected chi connectivity index (χ2v) is 5.64. The van der Waals surface area contributed by atoms with Crippen molar-refractivity contribution in [3.8, 4) is 11.5 Å². The maximum Gasteiger partial charge on any atom is 0.183 e. The van der Waals surface area contributed by atoms with Gasteiger partial charge in [0.15, 0.2) is 5.78 Å². The Morgan fingerprint density at radius 3 is 2.81 bits per heavy atom. The third-order valence-corrected chi connectivity index (χ3v) is 3.87. The monoisotopic (exact) mass is 358 g/mol. The fourth-order valence-electron chi connectivity index (χ4n) is 2.65. The van der Waals surface area contributed by atoms with E-state index < -0.39 is 0 Å². The number of methoxy groups -OCH3 is 1. The number of aromatic nitrogens is 1. The van der Waals surface area contributed by atoms with Gasteiger partial charge >= 0.3 is 0 Å². The van der Waals surface area contributed by atoms with Gasteiger partial charge < -0.3 is 24.9 Å². The van der Waals surface area contributed by atoms with Crippen LogP contribution in [-0.4, -0.2) is 42.7 Å². The van der Waals surface area contributed by atoms with Gasteiger partial charge in [0.1, 0.15) is 23.9 Å². The second kappa shape index (κ2) is 7.88. The maximum atomic E-state index is 13.3. The summed E-state index contributed by atoms with van der Waals surface area (Å²) < 4.78 is 23.9. The predicted octanol–water partition coefficient (Wildman–Crippen LogP) is 2.98. The van der Waals surface area contributed by atoms with Crippen LogP contribution in [0.4, 0.5) is 10.1 Å². The number of aliphatic hydroxyl groups is 1. The number of fused-ring (bicyclic) bond motifs is 1. The summed E-state index contributed by atoms with van der Waals surface area (Å²) in [6.45, 7) is 0.119. The van der Waals surface area contributed by atoms with Gasteiger partial charge in [-0.3, -0.25) is 4.79 Å². The van der Waals surface area contributed by atoms with Crippen molar-refractivity contribution in [1.82, 2.24) is 4.98 Å². The van der Waals surface area contributed by atoms with Gasteiger partial charge in [0.05, 0.1) is 20.3 Å². The molecular formula is C19H19FN2O4. The van der Waals surface area contributed by atoms with Gasteiger partial charge in [-0.15, -0.1) is 0 Å². The highest BCUT2D eigenvalue weighted by atomic mass is 19.1. The number of nitrogens with one attached hydrogen (secondary N) is 2. The second-order valence-electron chi connectivity index (χ2n) is 5.64. The number of hydrogen-bond acceptors (Lipinski definition) is 5. The fraction of sp³-hybridized carbons (Fsp3) is 0.211. The third kappa shape index (κ3) is 3.94. The molecule has 3 rings (SSSR count). The van der Waals surface area contributed by atoms with Crippen molar-refractivity contribution < 1.29 is 23.8 Å². The SMILES string of the molecule is COc1cc(NCC(=O)c2c[nH]c3cc(F)ccc23)cc(OCCO)c1. The first kappa shape index (κ1) is 17.8. The average molecular weight is 358 g/mol. The van der Waals surface area contributed by atoms with Crippen molar-refractivity contribution in [2.45, 2.75) is 0 Å². The van der Waals surface area contributed by atoms with Crippen LogP contribution in [0.1, 0.15) is 10.4 Å². The van der Waals surface area contributed by atoms with Crippen molar-refractivity contribution in [2.75, 3.05) is 32.2 Å². The van der Waals surface area contributed by atoms with E-state index in [1.807, 2.05) is 0 Å². The van der Waals surface area contributed by atoms with E-state index in [-0.39, 0.29) is 31.4 Å². The maximum absolute atomic E-state index is 13.3. The zero-order chi connectivity index (χ0) is 18.5. The molecular weight excluding hydrogens is 339 g/mol. The van der Waals surface area contributed by atoms with Gasteiger partial charge in [-0.2, -0.15) is 0 Å². The molecule has 1 aromatic heterocycles. The summed E-state index contributed by atoms with van der Waals surface area (Å²) in [6.07, 6.45) is 1.58. The first-order valence-corrected chi connectivity index (χ1v) is 8.07. The molecule has 0 unspecified atom stereocenters. The number of ether oxygens (including phenoxy) is 2. The molecule has 0 aliphatic rings. The Kier molecular flexibility index (Phi) is 5.38. The summed E-state index contributed by atoms with van der Waals surface area (Å²) in [5.41, 5.74) is 1.72. The minimum Gasteiger partial charge on any atom is -0.497 e. The summed E-state index contributed by atoms with van der Waals surface area (Å²) in [7, 11) is 1.53. The van der Waals surface area contributed by atoms with Crippen LogP contribution in [0.15, 0.2) is 42.6 Å². The predicted molar refractivity (Wildman–Crippen MR) is 96.7 cm³/mol. The standard InChI is InChI=1S/C19H19FN2O4/c1-25-14-7-13(8-15(9-14)26-5-4-23)21-11-19(24)17-10-22-18-6-12(20)2-3-16(17)18/h2-3,6-10,21-23H,4-5,11H2,1H3. The van der Waals surface area contributed by atoms with Gasteiger partial charge in [-0.05, 0) is 18.2 Å². The van der Waals surface area contributed by atoms with Crippen molar-refractivity contribution in [3.63, 3.8) is 0 Å². The van der Waals surface area contributed by atoms with Gasteiger partial charge in [0.25, 0.3) is 0 Å². The van der Waals surface area contributed by atoms with E-state index in [9.17, 15) is 9.18 Å². The largest absolute Gasteiger partial charge is 0.497 e. The lowest BCUT2D eigenvalue weighted by Crippen LogP contribution is -2.14. The van der Waals surface area contributed by atoms with E-state index in [1.54, 1.807) is 30.5 Å². The molecule has 136 valence electrons. The number of ketones is 1. The Morgan fingerprint density at radius 1 is 1.23 bits per heavy atom. The van der Waals surface area contributed by atoms with Crippen LogP contribution in [0.5, 0.6) is 11.5 Å². The first-order valence-electron chi connectivity index (χ1n) is 8.07. The number of hydrogen-bond donors (Lipinski definition) is 3. The Hall–Kier alpha value is -3.06. The lowest BCUT2D eigenvalue weighted by atomic mass is 10.1.